The molecule has 0 aliphatic carbocycles. The second kappa shape index (κ2) is 5.82. The highest BCUT2D eigenvalue weighted by molar-refractivity contribution is 7.86. The Labute approximate surface area is 108 Å². The van der Waals surface area contributed by atoms with Crippen LogP contribution in [0.5, 0.6) is 0 Å². The van der Waals surface area contributed by atoms with Crippen molar-refractivity contribution in [2.45, 2.75) is 31.5 Å². The standard InChI is InChI=1S/C13H18O4S/c1-18(14,15)17-13(12-9-10-16-12)8-7-11-5-3-2-4-6-11/h2-6,12-13H,7-10H2,1H3/t12-,13-/m0/s1. The first-order chi connectivity index (χ1) is 8.54. The van der Waals surface area contributed by atoms with Crippen LogP contribution in [0.2, 0.25) is 0 Å². The molecular weight excluding hydrogens is 252 g/mol. The molecule has 1 aliphatic rings. The molecule has 0 N–H and O–H groups in total. The molecule has 5 heteroatoms. The second-order valence-corrected chi connectivity index (χ2v) is 6.16. The van der Waals surface area contributed by atoms with Gasteiger partial charge in [0.25, 0.3) is 10.1 Å². The van der Waals surface area contributed by atoms with E-state index in [0.717, 1.165) is 19.1 Å². The summed E-state index contributed by atoms with van der Waals surface area (Å²) in [4.78, 5) is 0. The second-order valence-electron chi connectivity index (χ2n) is 4.56. The van der Waals surface area contributed by atoms with Crippen LogP contribution in [0.25, 0.3) is 0 Å². The van der Waals surface area contributed by atoms with E-state index in [0.29, 0.717) is 13.0 Å². The number of hydrogen-bond acceptors (Lipinski definition) is 4. The van der Waals surface area contributed by atoms with Gasteiger partial charge in [-0.25, -0.2) is 0 Å². The van der Waals surface area contributed by atoms with E-state index in [4.69, 9.17) is 8.92 Å². The van der Waals surface area contributed by atoms with E-state index in [1.165, 1.54) is 5.56 Å². The maximum atomic E-state index is 11.2. The minimum absolute atomic E-state index is 0.0802. The molecule has 1 saturated heterocycles. The predicted molar refractivity (Wildman–Crippen MR) is 68.8 cm³/mol. The van der Waals surface area contributed by atoms with Gasteiger partial charge in [0.15, 0.2) is 0 Å². The van der Waals surface area contributed by atoms with Gasteiger partial charge in [-0.1, -0.05) is 30.3 Å². The zero-order valence-electron chi connectivity index (χ0n) is 10.4. The molecule has 0 unspecified atom stereocenters. The normalized spacial score (nSPS) is 21.3. The van der Waals surface area contributed by atoms with Gasteiger partial charge in [0.2, 0.25) is 0 Å². The average Bonchev–Trinajstić information content (AvgIpc) is 2.23. The van der Waals surface area contributed by atoms with E-state index in [-0.39, 0.29) is 12.2 Å². The van der Waals surface area contributed by atoms with Crippen molar-refractivity contribution >= 4 is 10.1 Å². The lowest BCUT2D eigenvalue weighted by Gasteiger charge is -2.33. The van der Waals surface area contributed by atoms with E-state index >= 15 is 0 Å². The smallest absolute Gasteiger partial charge is 0.264 e. The van der Waals surface area contributed by atoms with Crippen LogP contribution in [0, 0.1) is 0 Å². The topological polar surface area (TPSA) is 52.6 Å². The van der Waals surface area contributed by atoms with Gasteiger partial charge in [-0.2, -0.15) is 8.42 Å². The maximum absolute atomic E-state index is 11.2. The molecule has 0 aromatic heterocycles. The SMILES string of the molecule is CS(=O)(=O)O[C@@H](CCc1ccccc1)[C@@H]1CCO1. The Morgan fingerprint density at radius 3 is 2.56 bits per heavy atom. The van der Waals surface area contributed by atoms with Crippen molar-refractivity contribution in [2.24, 2.45) is 0 Å². The van der Waals surface area contributed by atoms with Crippen molar-refractivity contribution < 1.29 is 17.3 Å². The molecule has 18 heavy (non-hydrogen) atoms. The van der Waals surface area contributed by atoms with Gasteiger partial charge in [0.05, 0.1) is 12.4 Å². The summed E-state index contributed by atoms with van der Waals surface area (Å²) >= 11 is 0. The summed E-state index contributed by atoms with van der Waals surface area (Å²) in [6.45, 7) is 0.694. The van der Waals surface area contributed by atoms with Crippen molar-refractivity contribution in [3.05, 3.63) is 35.9 Å². The molecule has 0 spiro atoms. The first kappa shape index (κ1) is 13.5. The fraction of sp³-hybridized carbons (Fsp3) is 0.538. The Balaban J connectivity index is 1.93. The number of ether oxygens (including phenoxy) is 1. The lowest BCUT2D eigenvalue weighted by molar-refractivity contribution is -0.108. The highest BCUT2D eigenvalue weighted by Gasteiger charge is 2.31. The summed E-state index contributed by atoms with van der Waals surface area (Å²) in [5.41, 5.74) is 1.18. The van der Waals surface area contributed by atoms with E-state index in [9.17, 15) is 8.42 Å². The lowest BCUT2D eigenvalue weighted by atomic mass is 10.00. The Morgan fingerprint density at radius 2 is 2.06 bits per heavy atom. The fourth-order valence-corrected chi connectivity index (χ4v) is 2.69. The largest absolute Gasteiger partial charge is 0.375 e. The molecule has 2 atom stereocenters. The van der Waals surface area contributed by atoms with Crippen molar-refractivity contribution in [3.8, 4) is 0 Å². The number of aryl methyl sites for hydroxylation is 1. The van der Waals surface area contributed by atoms with Gasteiger partial charge < -0.3 is 4.74 Å². The third kappa shape index (κ3) is 4.08. The van der Waals surface area contributed by atoms with Crippen molar-refractivity contribution in [2.75, 3.05) is 12.9 Å². The Kier molecular flexibility index (Phi) is 4.37. The maximum Gasteiger partial charge on any atom is 0.264 e. The summed E-state index contributed by atoms with van der Waals surface area (Å²) in [6.07, 6.45) is 2.95. The third-order valence-electron chi connectivity index (χ3n) is 3.01. The van der Waals surface area contributed by atoms with Crippen LogP contribution in [0.1, 0.15) is 18.4 Å². The number of rotatable bonds is 6. The van der Waals surface area contributed by atoms with Gasteiger partial charge >= 0.3 is 0 Å². The molecule has 4 nitrogen and oxygen atoms in total. The third-order valence-corrected chi connectivity index (χ3v) is 3.60. The van der Waals surface area contributed by atoms with Crippen LogP contribution in [0.15, 0.2) is 30.3 Å². The molecule has 1 fully saturated rings. The van der Waals surface area contributed by atoms with Gasteiger partial charge in [-0.3, -0.25) is 4.18 Å². The van der Waals surface area contributed by atoms with Crippen LogP contribution >= 0.6 is 0 Å². The van der Waals surface area contributed by atoms with Gasteiger partial charge in [0, 0.05) is 6.61 Å². The van der Waals surface area contributed by atoms with Crippen molar-refractivity contribution in [1.82, 2.24) is 0 Å². The molecule has 0 radical (unpaired) electrons. The molecule has 1 aliphatic heterocycles. The van der Waals surface area contributed by atoms with Gasteiger partial charge in [-0.05, 0) is 24.8 Å². The Hall–Kier alpha value is -0.910. The molecule has 1 aromatic rings. The molecule has 0 bridgehead atoms. The van der Waals surface area contributed by atoms with Crippen molar-refractivity contribution in [3.63, 3.8) is 0 Å². The van der Waals surface area contributed by atoms with Crippen molar-refractivity contribution in [1.29, 1.82) is 0 Å². The van der Waals surface area contributed by atoms with E-state index in [1.54, 1.807) is 0 Å². The zero-order valence-corrected chi connectivity index (χ0v) is 11.2. The quantitative estimate of drug-likeness (QED) is 0.739. The highest BCUT2D eigenvalue weighted by Crippen LogP contribution is 2.23. The van der Waals surface area contributed by atoms with E-state index < -0.39 is 10.1 Å². The van der Waals surface area contributed by atoms with Crippen LogP contribution in [0.3, 0.4) is 0 Å². The number of hydrogen-bond donors (Lipinski definition) is 0. The number of benzene rings is 1. The van der Waals surface area contributed by atoms with E-state index in [1.807, 2.05) is 30.3 Å². The Bertz CT molecular complexity index is 465. The highest BCUT2D eigenvalue weighted by atomic mass is 32.2. The summed E-state index contributed by atoms with van der Waals surface area (Å²) in [6, 6.07) is 9.96. The van der Waals surface area contributed by atoms with Crippen LogP contribution in [0.4, 0.5) is 0 Å². The van der Waals surface area contributed by atoms with Gasteiger partial charge in [0.1, 0.15) is 6.10 Å². The fourth-order valence-electron chi connectivity index (χ4n) is 2.02. The molecular formula is C13H18O4S. The summed E-state index contributed by atoms with van der Waals surface area (Å²) < 4.78 is 32.9. The van der Waals surface area contributed by atoms with Crippen LogP contribution < -0.4 is 0 Å². The Morgan fingerprint density at radius 1 is 1.39 bits per heavy atom. The van der Waals surface area contributed by atoms with E-state index in [2.05, 4.69) is 0 Å². The zero-order chi connectivity index (χ0) is 13.0. The molecule has 2 rings (SSSR count). The minimum Gasteiger partial charge on any atom is -0.375 e. The minimum atomic E-state index is -3.43. The monoisotopic (exact) mass is 270 g/mol. The first-order valence-corrected chi connectivity index (χ1v) is 7.90. The summed E-state index contributed by atoms with van der Waals surface area (Å²) in [5, 5.41) is 0. The average molecular weight is 270 g/mol. The molecule has 100 valence electrons. The molecule has 1 heterocycles. The summed E-state index contributed by atoms with van der Waals surface area (Å²) in [7, 11) is -3.43. The lowest BCUT2D eigenvalue weighted by Crippen LogP contribution is -2.41. The first-order valence-electron chi connectivity index (χ1n) is 6.08. The van der Waals surface area contributed by atoms with Crippen LogP contribution in [-0.2, 0) is 25.5 Å². The van der Waals surface area contributed by atoms with Gasteiger partial charge in [-0.15, -0.1) is 0 Å². The molecule has 0 amide bonds. The predicted octanol–water partition coefficient (Wildman–Crippen LogP) is 1.75. The molecule has 0 saturated carbocycles. The summed E-state index contributed by atoms with van der Waals surface area (Å²) in [5.74, 6) is 0. The van der Waals surface area contributed by atoms with Crippen LogP contribution in [-0.4, -0.2) is 33.5 Å². The molecule has 1 aromatic carbocycles.